The van der Waals surface area contributed by atoms with Crippen LogP contribution < -0.4 is 0 Å². The molecule has 1 saturated heterocycles. The van der Waals surface area contributed by atoms with Crippen LogP contribution in [-0.2, 0) is 22.5 Å². The summed E-state index contributed by atoms with van der Waals surface area (Å²) in [5.41, 5.74) is -0.907. The number of piperidine rings is 1. The molecule has 4 aromatic rings. The van der Waals surface area contributed by atoms with E-state index in [9.17, 15) is 31.1 Å². The van der Waals surface area contributed by atoms with Gasteiger partial charge in [-0.15, -0.1) is 9.90 Å². The number of rotatable bonds is 7. The van der Waals surface area contributed by atoms with Gasteiger partial charge < -0.3 is 0 Å². The average Bonchev–Trinajstić information content (AvgIpc) is 3.71. The fourth-order valence-corrected chi connectivity index (χ4v) is 11.7. The molecule has 1 fully saturated rings. The molecule has 0 amide bonds. The van der Waals surface area contributed by atoms with Crippen LogP contribution in [0.3, 0.4) is 0 Å². The van der Waals surface area contributed by atoms with E-state index >= 15 is 4.21 Å². The number of hydrogen-bond acceptors (Lipinski definition) is 7. The van der Waals surface area contributed by atoms with Crippen molar-refractivity contribution in [2.45, 2.75) is 69.5 Å². The topological polar surface area (TPSA) is 111 Å². The first-order chi connectivity index (χ1) is 23.2. The quantitative estimate of drug-likeness (QED) is 0.111. The number of pyridine rings is 1. The predicted octanol–water partition coefficient (Wildman–Crippen LogP) is 7.37. The molecule has 1 aliphatic heterocycles. The summed E-state index contributed by atoms with van der Waals surface area (Å²) in [5.74, 6) is -1.19. The Balaban J connectivity index is 1.54. The predicted molar refractivity (Wildman–Crippen MR) is 175 cm³/mol. The third kappa shape index (κ3) is 6.21. The summed E-state index contributed by atoms with van der Waals surface area (Å²) >= 11 is 0. The first kappa shape index (κ1) is 35.7. The molecule has 2 atom stereocenters. The molecule has 10 nitrogen and oxygen atoms in total. The number of carbonyl (C=O) groups excluding carboxylic acids is 1. The maximum absolute atomic E-state index is 15.4. The number of halogens is 6. The van der Waals surface area contributed by atoms with Gasteiger partial charge in [-0.2, -0.15) is 32.1 Å². The Hall–Kier alpha value is -4.16. The van der Waals surface area contributed by atoms with Crippen molar-refractivity contribution in [2.75, 3.05) is 13.1 Å². The Morgan fingerprint density at radius 2 is 1.76 bits per heavy atom. The number of aromatic nitrogens is 6. The maximum atomic E-state index is 15.4. The van der Waals surface area contributed by atoms with Crippen LogP contribution in [0.15, 0.2) is 69.6 Å². The molecule has 0 saturated carbocycles. The van der Waals surface area contributed by atoms with Crippen LogP contribution >= 0.6 is 0 Å². The summed E-state index contributed by atoms with van der Waals surface area (Å²) in [6.45, 7) is 6.16. The Kier molecular flexibility index (Phi) is 8.74. The van der Waals surface area contributed by atoms with E-state index in [2.05, 4.69) is 20.3 Å². The van der Waals surface area contributed by atoms with Gasteiger partial charge in [0.05, 0.1) is 34.8 Å². The zero-order valence-corrected chi connectivity index (χ0v) is 29.6. The van der Waals surface area contributed by atoms with E-state index in [-0.39, 0.29) is 35.8 Å². The average molecular weight is 737 g/mol. The Morgan fingerprint density at radius 1 is 1.06 bits per heavy atom. The van der Waals surface area contributed by atoms with Gasteiger partial charge in [0, 0.05) is 19.3 Å². The standard InChI is InChI=1S/C32H34F6N8O2SSi/c1-30(2,3)50(4,5)43-49(48,27-18-41-46(42-27)29(34)35)44-13-11-21-15-26-20(17-40-45(26)24-8-6-23(33)7-9-24)16-31(21,19-44)28(47)25-14-22(10-12-39-25)32(36,37)38/h6-10,12,14-15,17-18,29H,11,13,16,19H2,1-5H3/t31-,49-/m0/s1. The molecule has 50 heavy (non-hydrogen) atoms. The molecule has 18 heteroatoms. The zero-order valence-electron chi connectivity index (χ0n) is 27.7. The lowest BCUT2D eigenvalue weighted by atomic mass is 9.65. The van der Waals surface area contributed by atoms with Gasteiger partial charge in [-0.05, 0) is 79.0 Å². The number of nitrogens with zero attached hydrogens (tertiary/aromatic N) is 8. The number of carbonyl (C=O) groups is 1. The van der Waals surface area contributed by atoms with Gasteiger partial charge in [0.2, 0.25) is 0 Å². The molecular formula is C32H34F6N8O2SSi. The lowest BCUT2D eigenvalue weighted by molar-refractivity contribution is -0.137. The minimum atomic E-state index is -4.75. The molecule has 0 radical (unpaired) electrons. The molecule has 0 spiro atoms. The van der Waals surface area contributed by atoms with Crippen molar-refractivity contribution in [2.24, 2.45) is 9.44 Å². The van der Waals surface area contributed by atoms with Crippen LogP contribution in [0.25, 0.3) is 11.8 Å². The van der Waals surface area contributed by atoms with E-state index in [1.807, 2.05) is 33.9 Å². The summed E-state index contributed by atoms with van der Waals surface area (Å²) in [6.07, 6.45) is 0.424. The van der Waals surface area contributed by atoms with Crippen LogP contribution in [0.5, 0.6) is 0 Å². The minimum absolute atomic E-state index is 0.0371. The van der Waals surface area contributed by atoms with E-state index in [0.29, 0.717) is 28.6 Å². The second-order valence-electron chi connectivity index (χ2n) is 13.9. The fraction of sp³-hybridized carbons (Fsp3) is 0.406. The lowest BCUT2D eigenvalue weighted by Gasteiger charge is -2.46. The van der Waals surface area contributed by atoms with Crippen LogP contribution in [0.1, 0.15) is 61.1 Å². The van der Waals surface area contributed by atoms with Crippen molar-refractivity contribution in [3.63, 3.8) is 0 Å². The van der Waals surface area contributed by atoms with Crippen molar-refractivity contribution >= 4 is 30.0 Å². The normalized spacial score (nSPS) is 19.8. The number of Topliss-reactive ketones (excluding diaryl/α,β-unsaturated/α-hetero) is 1. The van der Waals surface area contributed by atoms with E-state index in [1.54, 1.807) is 10.8 Å². The highest BCUT2D eigenvalue weighted by Crippen LogP contribution is 2.48. The monoisotopic (exact) mass is 736 g/mol. The number of alkyl halides is 5. The highest BCUT2D eigenvalue weighted by Gasteiger charge is 2.52. The van der Waals surface area contributed by atoms with Crippen molar-refractivity contribution in [3.05, 3.63) is 88.9 Å². The Labute approximate surface area is 285 Å². The first-order valence-corrected chi connectivity index (χ1v) is 20.0. The van der Waals surface area contributed by atoms with Crippen LogP contribution in [-0.4, -0.2) is 65.4 Å². The summed E-state index contributed by atoms with van der Waals surface area (Å²) in [7, 11) is -6.66. The molecule has 1 aromatic carbocycles. The smallest absolute Gasteiger partial charge is 0.291 e. The molecule has 3 aromatic heterocycles. The lowest BCUT2D eigenvalue weighted by Crippen LogP contribution is -2.54. The number of benzene rings is 1. The van der Waals surface area contributed by atoms with Crippen molar-refractivity contribution in [1.82, 2.24) is 34.1 Å². The molecule has 4 heterocycles. The van der Waals surface area contributed by atoms with Gasteiger partial charge in [-0.1, -0.05) is 26.3 Å². The summed E-state index contributed by atoms with van der Waals surface area (Å²) in [5, 5.41) is 11.2. The fourth-order valence-electron chi connectivity index (χ4n) is 5.95. The molecule has 0 unspecified atom stereocenters. The highest BCUT2D eigenvalue weighted by atomic mass is 32.2. The molecule has 0 N–H and O–H groups in total. The molecule has 266 valence electrons. The molecular weight excluding hydrogens is 703 g/mol. The third-order valence-corrected chi connectivity index (χ3v) is 17.9. The first-order valence-electron chi connectivity index (χ1n) is 15.6. The number of fused-ring (bicyclic) bond motifs is 2. The molecule has 0 bridgehead atoms. The van der Waals surface area contributed by atoms with Crippen LogP contribution in [0.2, 0.25) is 18.1 Å². The van der Waals surface area contributed by atoms with Gasteiger partial charge in [0.25, 0.3) is 0 Å². The minimum Gasteiger partial charge on any atom is -0.291 e. The molecule has 6 rings (SSSR count). The van der Waals surface area contributed by atoms with Gasteiger partial charge in [0.1, 0.15) is 11.5 Å². The van der Waals surface area contributed by atoms with E-state index in [0.717, 1.165) is 18.5 Å². The zero-order chi connectivity index (χ0) is 36.4. The van der Waals surface area contributed by atoms with E-state index in [1.165, 1.54) is 34.8 Å². The highest BCUT2D eigenvalue weighted by molar-refractivity contribution is 7.92. The summed E-state index contributed by atoms with van der Waals surface area (Å²) in [4.78, 5) is 18.9. The van der Waals surface area contributed by atoms with Gasteiger partial charge >= 0.3 is 12.7 Å². The van der Waals surface area contributed by atoms with Crippen LogP contribution in [0, 0.1) is 11.2 Å². The second kappa shape index (κ2) is 12.3. The summed E-state index contributed by atoms with van der Waals surface area (Å²) < 4.78 is 106. The van der Waals surface area contributed by atoms with Gasteiger partial charge in [-0.25, -0.2) is 17.6 Å². The van der Waals surface area contributed by atoms with Gasteiger partial charge in [-0.3, -0.25) is 13.8 Å². The van der Waals surface area contributed by atoms with Crippen molar-refractivity contribution < 1.29 is 35.3 Å². The van der Waals surface area contributed by atoms with E-state index in [4.69, 9.17) is 4.03 Å². The van der Waals surface area contributed by atoms with Crippen molar-refractivity contribution in [1.29, 1.82) is 0 Å². The largest absolute Gasteiger partial charge is 0.416 e. The maximum Gasteiger partial charge on any atom is 0.416 e. The third-order valence-electron chi connectivity index (χ3n) is 9.68. The SMILES string of the molecule is CC(C)(C)[Si](C)(C)N=[S@@](=O)(c1cnn(C(F)F)n1)N1CCC2=Cc3c(cnn3-c3ccc(F)cc3)C[C@]2(C(=O)c2cc(C(F)(F)F)ccn2)C1. The Morgan fingerprint density at radius 3 is 2.38 bits per heavy atom. The van der Waals surface area contributed by atoms with Crippen molar-refractivity contribution in [3.8, 4) is 5.69 Å². The second-order valence-corrected chi connectivity index (χ2v) is 21.2. The van der Waals surface area contributed by atoms with E-state index < -0.39 is 64.2 Å². The number of ketones is 1. The van der Waals surface area contributed by atoms with Crippen LogP contribution in [0.4, 0.5) is 26.3 Å². The molecule has 1 aliphatic carbocycles. The molecule has 2 aliphatic rings. The van der Waals surface area contributed by atoms with Gasteiger partial charge in [0.15, 0.2) is 29.0 Å². The Bertz CT molecular complexity index is 2110. The number of hydrogen-bond donors (Lipinski definition) is 0. The summed E-state index contributed by atoms with van der Waals surface area (Å²) in [6, 6.07) is 7.08.